The van der Waals surface area contributed by atoms with Gasteiger partial charge in [0.05, 0.1) is 8.95 Å². The van der Waals surface area contributed by atoms with Crippen molar-refractivity contribution in [3.8, 4) is 11.5 Å². The van der Waals surface area contributed by atoms with E-state index in [2.05, 4.69) is 31.9 Å². The molecule has 0 atom stereocenters. The minimum Gasteiger partial charge on any atom is -0.456 e. The number of nitrogen functional groups attached to an aromatic ring is 1. The van der Waals surface area contributed by atoms with Crippen LogP contribution in [0.1, 0.15) is 0 Å². The lowest BCUT2D eigenvalue weighted by Gasteiger charge is -2.08. The summed E-state index contributed by atoms with van der Waals surface area (Å²) >= 11 is 6.41. The maximum Gasteiger partial charge on any atom is 0.141 e. The Kier molecular flexibility index (Phi) is 3.69. The summed E-state index contributed by atoms with van der Waals surface area (Å²) < 4.78 is 20.0. The van der Waals surface area contributed by atoms with Crippen LogP contribution in [0.15, 0.2) is 45.3 Å². The van der Waals surface area contributed by atoms with Crippen LogP contribution in [0.2, 0.25) is 0 Å². The maximum atomic E-state index is 13.3. The molecule has 0 unspecified atom stereocenters. The number of ether oxygens (including phenoxy) is 1. The van der Waals surface area contributed by atoms with Crippen molar-refractivity contribution in [3.05, 3.63) is 51.2 Å². The van der Waals surface area contributed by atoms with Crippen LogP contribution in [0, 0.1) is 5.82 Å². The van der Waals surface area contributed by atoms with Crippen molar-refractivity contribution in [3.63, 3.8) is 0 Å². The molecular formula is C12H8Br2FNO. The summed E-state index contributed by atoms with van der Waals surface area (Å²) in [6.07, 6.45) is 0. The molecule has 0 aliphatic carbocycles. The van der Waals surface area contributed by atoms with E-state index in [-0.39, 0.29) is 5.82 Å². The maximum absolute atomic E-state index is 13.3. The Morgan fingerprint density at radius 3 is 2.41 bits per heavy atom. The molecule has 0 spiro atoms. The Morgan fingerprint density at radius 1 is 1.00 bits per heavy atom. The third kappa shape index (κ3) is 2.98. The van der Waals surface area contributed by atoms with E-state index in [1.807, 2.05) is 0 Å². The summed E-state index contributed by atoms with van der Waals surface area (Å²) in [5, 5.41) is 0. The van der Waals surface area contributed by atoms with E-state index >= 15 is 0 Å². The first-order valence-corrected chi connectivity index (χ1v) is 6.33. The SMILES string of the molecule is Nc1ccc(Oc2ccc(Br)c(F)c2)c(Br)c1. The van der Waals surface area contributed by atoms with Gasteiger partial charge in [-0.1, -0.05) is 0 Å². The molecular weight excluding hydrogens is 353 g/mol. The molecule has 0 aliphatic rings. The first-order chi connectivity index (χ1) is 8.06. The molecule has 0 aliphatic heterocycles. The predicted octanol–water partition coefficient (Wildman–Crippen LogP) is 4.73. The standard InChI is InChI=1S/C12H8Br2FNO/c13-9-3-2-8(6-11(9)15)17-12-4-1-7(16)5-10(12)14/h1-6H,16H2. The van der Waals surface area contributed by atoms with Gasteiger partial charge in [-0.3, -0.25) is 0 Å². The fourth-order valence-electron chi connectivity index (χ4n) is 1.27. The molecule has 0 fully saturated rings. The molecule has 2 rings (SSSR count). The number of hydrogen-bond donors (Lipinski definition) is 1. The molecule has 2 aromatic carbocycles. The molecule has 2 nitrogen and oxygen atoms in total. The van der Waals surface area contributed by atoms with E-state index in [1.165, 1.54) is 6.07 Å². The van der Waals surface area contributed by atoms with E-state index in [4.69, 9.17) is 10.5 Å². The molecule has 0 radical (unpaired) electrons. The third-order valence-corrected chi connectivity index (χ3v) is 3.34. The van der Waals surface area contributed by atoms with Gasteiger partial charge in [-0.25, -0.2) is 4.39 Å². The number of hydrogen-bond acceptors (Lipinski definition) is 2. The highest BCUT2D eigenvalue weighted by Crippen LogP contribution is 2.32. The van der Waals surface area contributed by atoms with Crippen molar-refractivity contribution in [2.24, 2.45) is 0 Å². The van der Waals surface area contributed by atoms with Gasteiger partial charge >= 0.3 is 0 Å². The third-order valence-electron chi connectivity index (χ3n) is 2.07. The van der Waals surface area contributed by atoms with Gasteiger partial charge in [0.1, 0.15) is 17.3 Å². The largest absolute Gasteiger partial charge is 0.456 e. The highest BCUT2D eigenvalue weighted by Gasteiger charge is 2.05. The van der Waals surface area contributed by atoms with Crippen LogP contribution in [0.3, 0.4) is 0 Å². The summed E-state index contributed by atoms with van der Waals surface area (Å²) in [5.74, 6) is 0.645. The van der Waals surface area contributed by atoms with Crippen molar-refractivity contribution in [2.75, 3.05) is 5.73 Å². The Bertz CT molecular complexity index is 560. The zero-order chi connectivity index (χ0) is 12.4. The van der Waals surface area contributed by atoms with Crippen molar-refractivity contribution in [1.29, 1.82) is 0 Å². The number of benzene rings is 2. The average Bonchev–Trinajstić information content (AvgIpc) is 2.27. The Hall–Kier alpha value is -1.07. The summed E-state index contributed by atoms with van der Waals surface area (Å²) in [5.41, 5.74) is 6.24. The fourth-order valence-corrected chi connectivity index (χ4v) is 1.99. The Balaban J connectivity index is 2.28. The summed E-state index contributed by atoms with van der Waals surface area (Å²) in [6.45, 7) is 0. The minimum absolute atomic E-state index is 0.367. The number of rotatable bonds is 2. The monoisotopic (exact) mass is 359 g/mol. The molecule has 5 heteroatoms. The van der Waals surface area contributed by atoms with Crippen molar-refractivity contribution >= 4 is 37.5 Å². The lowest BCUT2D eigenvalue weighted by atomic mass is 10.3. The zero-order valence-electron chi connectivity index (χ0n) is 8.58. The lowest BCUT2D eigenvalue weighted by Crippen LogP contribution is -1.89. The van der Waals surface area contributed by atoms with Crippen LogP contribution in [0.5, 0.6) is 11.5 Å². The highest BCUT2D eigenvalue weighted by atomic mass is 79.9. The first-order valence-electron chi connectivity index (χ1n) is 4.74. The smallest absolute Gasteiger partial charge is 0.141 e. The number of halogens is 3. The second-order valence-corrected chi connectivity index (χ2v) is 5.08. The highest BCUT2D eigenvalue weighted by molar-refractivity contribution is 9.10. The van der Waals surface area contributed by atoms with Gasteiger partial charge in [0.15, 0.2) is 0 Å². The van der Waals surface area contributed by atoms with Crippen LogP contribution in [-0.2, 0) is 0 Å². The van der Waals surface area contributed by atoms with Gasteiger partial charge in [-0.2, -0.15) is 0 Å². The fraction of sp³-hybridized carbons (Fsp3) is 0. The van der Waals surface area contributed by atoms with Crippen LogP contribution < -0.4 is 10.5 Å². The molecule has 2 N–H and O–H groups in total. The topological polar surface area (TPSA) is 35.2 Å². The average molecular weight is 361 g/mol. The van der Waals surface area contributed by atoms with Crippen LogP contribution in [-0.4, -0.2) is 0 Å². The van der Waals surface area contributed by atoms with Gasteiger partial charge < -0.3 is 10.5 Å². The quantitative estimate of drug-likeness (QED) is 0.786. The van der Waals surface area contributed by atoms with Gasteiger partial charge in [0.2, 0.25) is 0 Å². The molecule has 17 heavy (non-hydrogen) atoms. The molecule has 0 saturated heterocycles. The molecule has 0 saturated carbocycles. The molecule has 0 amide bonds. The first kappa shape index (κ1) is 12.4. The number of nitrogens with two attached hydrogens (primary N) is 1. The van der Waals surface area contributed by atoms with Gasteiger partial charge in [-0.15, -0.1) is 0 Å². The van der Waals surface area contributed by atoms with E-state index in [0.29, 0.717) is 21.7 Å². The van der Waals surface area contributed by atoms with Crippen LogP contribution in [0.4, 0.5) is 10.1 Å². The Morgan fingerprint density at radius 2 is 1.76 bits per heavy atom. The minimum atomic E-state index is -0.367. The summed E-state index contributed by atoms with van der Waals surface area (Å²) in [6, 6.07) is 9.75. The van der Waals surface area contributed by atoms with Crippen molar-refractivity contribution < 1.29 is 9.13 Å². The Labute approximate surface area is 115 Å². The van der Waals surface area contributed by atoms with E-state index in [1.54, 1.807) is 30.3 Å². The van der Waals surface area contributed by atoms with Crippen molar-refractivity contribution in [1.82, 2.24) is 0 Å². The summed E-state index contributed by atoms with van der Waals surface area (Å²) in [4.78, 5) is 0. The van der Waals surface area contributed by atoms with Crippen LogP contribution >= 0.6 is 31.9 Å². The molecule has 0 bridgehead atoms. The van der Waals surface area contributed by atoms with E-state index < -0.39 is 0 Å². The van der Waals surface area contributed by atoms with Gasteiger partial charge in [0, 0.05) is 11.8 Å². The second-order valence-electron chi connectivity index (χ2n) is 3.37. The lowest BCUT2D eigenvalue weighted by molar-refractivity contribution is 0.473. The van der Waals surface area contributed by atoms with E-state index in [9.17, 15) is 4.39 Å². The molecule has 0 heterocycles. The second kappa shape index (κ2) is 5.06. The zero-order valence-corrected chi connectivity index (χ0v) is 11.8. The van der Waals surface area contributed by atoms with Crippen molar-refractivity contribution in [2.45, 2.75) is 0 Å². The van der Waals surface area contributed by atoms with Gasteiger partial charge in [0.25, 0.3) is 0 Å². The predicted molar refractivity (Wildman–Crippen MR) is 72.7 cm³/mol. The molecule has 2 aromatic rings. The van der Waals surface area contributed by atoms with E-state index in [0.717, 1.165) is 4.47 Å². The number of anilines is 1. The molecule has 0 aromatic heterocycles. The van der Waals surface area contributed by atoms with Gasteiger partial charge in [-0.05, 0) is 62.2 Å². The van der Waals surface area contributed by atoms with Crippen LogP contribution in [0.25, 0.3) is 0 Å². The summed E-state index contributed by atoms with van der Waals surface area (Å²) in [7, 11) is 0. The normalized spacial score (nSPS) is 10.3. The molecule has 88 valence electrons.